The van der Waals surface area contributed by atoms with Gasteiger partial charge < -0.3 is 9.80 Å². The molecule has 11 aromatic carbocycles. The highest BCUT2D eigenvalue weighted by Gasteiger charge is 2.20. The summed E-state index contributed by atoms with van der Waals surface area (Å²) in [5.41, 5.74) is 9.66. The van der Waals surface area contributed by atoms with Crippen molar-refractivity contribution in [3.05, 3.63) is 279 Å². The maximum absolute atomic E-state index is 10.3. The maximum atomic E-state index is 10.3. The summed E-state index contributed by atoms with van der Waals surface area (Å²) in [4.78, 5) is 3.49. The van der Waals surface area contributed by atoms with Gasteiger partial charge in [-0.05, 0) is 123 Å². The molecule has 1 heterocycles. The molecule has 69 heavy (non-hydrogen) atoms. The largest absolute Gasteiger partial charge is 0.310 e. The summed E-state index contributed by atoms with van der Waals surface area (Å²) in [6, 6.07) is 71.8. The quantitative estimate of drug-likeness (QED) is 0.128. The van der Waals surface area contributed by atoms with Crippen molar-refractivity contribution in [2.75, 3.05) is 9.80 Å². The van der Waals surface area contributed by atoms with Crippen LogP contribution in [0.5, 0.6) is 0 Å². The lowest BCUT2D eigenvalue weighted by atomic mass is 9.99. The number of benzene rings is 11. The van der Waals surface area contributed by atoms with E-state index in [-0.39, 0.29) is 34.6 Å². The van der Waals surface area contributed by atoms with E-state index in [9.17, 15) is 11.0 Å². The third-order valence-corrected chi connectivity index (χ3v) is 13.7. The molecule has 0 N–H and O–H groups in total. The predicted molar refractivity (Wildman–Crippen MR) is 296 cm³/mol. The van der Waals surface area contributed by atoms with Crippen molar-refractivity contribution in [3.63, 3.8) is 0 Å². The van der Waals surface area contributed by atoms with Crippen molar-refractivity contribution in [2.24, 2.45) is 0 Å². The highest BCUT2D eigenvalue weighted by atomic mass is 32.1. The normalized spacial score (nSPS) is 12.8. The Balaban J connectivity index is 1.08. The second-order valence-electron chi connectivity index (χ2n) is 16.7. The highest BCUT2D eigenvalue weighted by Crippen LogP contribution is 2.45. The summed E-state index contributed by atoms with van der Waals surface area (Å²) < 4.78 is 79.5. The van der Waals surface area contributed by atoms with E-state index < -0.39 is 36.3 Å². The van der Waals surface area contributed by atoms with Crippen molar-refractivity contribution in [2.45, 2.75) is 0 Å². The molecule has 0 atom stereocenters. The van der Waals surface area contributed by atoms with Crippen LogP contribution in [0.25, 0.3) is 75.8 Å². The van der Waals surface area contributed by atoms with Gasteiger partial charge in [-0.1, -0.05) is 206 Å². The third kappa shape index (κ3) is 8.27. The molecule has 0 radical (unpaired) electrons. The molecule has 0 aliphatic heterocycles. The van der Waals surface area contributed by atoms with Gasteiger partial charge in [0.2, 0.25) is 0 Å². The lowest BCUT2D eigenvalue weighted by molar-refractivity contribution is 1.27. The fourth-order valence-electron chi connectivity index (χ4n) is 9.10. The molecule has 2 nitrogen and oxygen atoms in total. The van der Waals surface area contributed by atoms with Gasteiger partial charge in [0.25, 0.3) is 0 Å². The first-order valence-corrected chi connectivity index (χ1v) is 23.7. The molecule has 12 aromatic rings. The van der Waals surface area contributed by atoms with Crippen LogP contribution in [0.2, 0.25) is 0 Å². The van der Waals surface area contributed by atoms with Gasteiger partial charge in [-0.3, -0.25) is 0 Å². The van der Waals surface area contributed by atoms with E-state index in [1.54, 1.807) is 21.1 Å². The molecule has 0 fully saturated rings. The van der Waals surface area contributed by atoms with Crippen LogP contribution in [0.15, 0.2) is 279 Å². The number of para-hydroxylation sites is 1. The Labute approximate surface area is 419 Å². The fourth-order valence-corrected chi connectivity index (χ4v) is 10.3. The first-order chi connectivity index (χ1) is 37.5. The zero-order chi connectivity index (χ0) is 52.9. The summed E-state index contributed by atoms with van der Waals surface area (Å²) >= 11 is 1.73. The Hall–Kier alpha value is -8.76. The molecule has 12 rings (SSSR count). The van der Waals surface area contributed by atoms with Crippen LogP contribution in [-0.4, -0.2) is 0 Å². The Kier molecular flexibility index (Phi) is 9.02. The first kappa shape index (κ1) is 33.7. The molecule has 0 amide bonds. The Morgan fingerprint density at radius 1 is 0.290 bits per heavy atom. The molecule has 0 bridgehead atoms. The summed E-state index contributed by atoms with van der Waals surface area (Å²) in [5.74, 6) is 0. The molecule has 0 unspecified atom stereocenters. The zero-order valence-corrected chi connectivity index (χ0v) is 38.1. The highest BCUT2D eigenvalue weighted by molar-refractivity contribution is 7.26. The molecular formula is C66H46N2S. The van der Waals surface area contributed by atoms with Gasteiger partial charge in [0, 0.05) is 54.2 Å². The average molecular weight is 907 g/mol. The summed E-state index contributed by atoms with van der Waals surface area (Å²) in [5, 5.41) is 2.35. The smallest absolute Gasteiger partial charge is 0.0651 e. The van der Waals surface area contributed by atoms with Crippen molar-refractivity contribution in [3.8, 4) is 55.6 Å². The number of nitrogens with zero attached hydrogens (tertiary/aromatic N) is 2. The Morgan fingerprint density at radius 2 is 0.739 bits per heavy atom. The molecule has 0 aliphatic carbocycles. The standard InChI is InChI=1S/C66H46N2S/c1-4-16-47(17-5-1)50-30-38-55(39-31-50)67(56-40-32-51(33-41-56)48-18-6-2-7-19-48)59-23-14-22-54(46-59)60-24-10-12-28-64(60)68(57-42-34-52(35-43-57)49-20-8-3-9-21-49)58-44-36-53(37-45-58)61-26-15-27-63-62-25-11-13-29-65(62)69-66(61)63/h1-46H/i10D,12D,14D,22D,23D,24D,28D,46D. The van der Waals surface area contributed by atoms with E-state index in [4.69, 9.17) is 0 Å². The van der Waals surface area contributed by atoms with Crippen molar-refractivity contribution < 1.29 is 11.0 Å². The van der Waals surface area contributed by atoms with Gasteiger partial charge in [0.15, 0.2) is 0 Å². The van der Waals surface area contributed by atoms with Gasteiger partial charge in [0.05, 0.1) is 16.7 Å². The number of fused-ring (bicyclic) bond motifs is 3. The van der Waals surface area contributed by atoms with E-state index in [0.29, 0.717) is 22.7 Å². The van der Waals surface area contributed by atoms with Gasteiger partial charge >= 0.3 is 0 Å². The molecule has 3 heteroatoms. The van der Waals surface area contributed by atoms with Gasteiger partial charge in [-0.2, -0.15) is 0 Å². The van der Waals surface area contributed by atoms with Crippen LogP contribution in [0.4, 0.5) is 34.1 Å². The van der Waals surface area contributed by atoms with Crippen LogP contribution in [0.1, 0.15) is 11.0 Å². The third-order valence-electron chi connectivity index (χ3n) is 12.5. The summed E-state index contributed by atoms with van der Waals surface area (Å²) in [7, 11) is 0. The topological polar surface area (TPSA) is 6.48 Å². The second kappa shape index (κ2) is 18.5. The SMILES string of the molecule is [2H]c1c([2H])c([2H])c(N(c2ccc(-c3ccccc3)cc2)c2ccc(-c3cccc4c3sc3ccccc34)cc2)c(-c2c([2H])c([2H])c([2H])c(N(c3ccc(-c4ccccc4)cc3)c3ccc(-c4ccccc4)cc3)c2[2H])c1[2H]. The van der Waals surface area contributed by atoms with E-state index in [1.165, 1.54) is 10.1 Å². The molecule has 1 aromatic heterocycles. The van der Waals surface area contributed by atoms with Crippen LogP contribution in [0.3, 0.4) is 0 Å². The van der Waals surface area contributed by atoms with E-state index in [0.717, 1.165) is 54.6 Å². The zero-order valence-electron chi connectivity index (χ0n) is 45.2. The van der Waals surface area contributed by atoms with Crippen LogP contribution >= 0.6 is 11.3 Å². The minimum atomic E-state index is -0.563. The Morgan fingerprint density at radius 3 is 1.29 bits per heavy atom. The molecule has 0 saturated heterocycles. The van der Waals surface area contributed by atoms with Crippen molar-refractivity contribution in [1.82, 2.24) is 0 Å². The second-order valence-corrected chi connectivity index (χ2v) is 17.7. The van der Waals surface area contributed by atoms with Crippen molar-refractivity contribution >= 4 is 65.6 Å². The van der Waals surface area contributed by atoms with Gasteiger partial charge in [-0.25, -0.2) is 0 Å². The fraction of sp³-hybridized carbons (Fsp3) is 0. The number of anilines is 6. The summed E-state index contributed by atoms with van der Waals surface area (Å²) in [6.45, 7) is 0. The molecule has 326 valence electrons. The summed E-state index contributed by atoms with van der Waals surface area (Å²) in [6.07, 6.45) is 0. The Bertz CT molecular complexity index is 4070. The molecular weight excluding hydrogens is 853 g/mol. The minimum absolute atomic E-state index is 0.0149. The lowest BCUT2D eigenvalue weighted by Crippen LogP contribution is -2.12. The average Bonchev–Trinajstić information content (AvgIpc) is 3.96. The molecule has 0 aliphatic rings. The van der Waals surface area contributed by atoms with Crippen molar-refractivity contribution in [1.29, 1.82) is 0 Å². The molecule has 0 saturated carbocycles. The van der Waals surface area contributed by atoms with E-state index >= 15 is 0 Å². The minimum Gasteiger partial charge on any atom is -0.310 e. The van der Waals surface area contributed by atoms with Gasteiger partial charge in [0.1, 0.15) is 0 Å². The molecule has 0 spiro atoms. The number of hydrogen-bond acceptors (Lipinski definition) is 3. The lowest BCUT2D eigenvalue weighted by Gasteiger charge is -2.29. The number of rotatable bonds is 11. The van der Waals surface area contributed by atoms with Crippen LogP contribution in [0, 0.1) is 0 Å². The maximum Gasteiger partial charge on any atom is 0.0651 e. The van der Waals surface area contributed by atoms with Gasteiger partial charge in [-0.15, -0.1) is 11.3 Å². The monoisotopic (exact) mass is 906 g/mol. The van der Waals surface area contributed by atoms with Crippen LogP contribution in [-0.2, 0) is 0 Å². The van der Waals surface area contributed by atoms with Crippen LogP contribution < -0.4 is 9.80 Å². The number of thiophene rings is 1. The number of hydrogen-bond donors (Lipinski definition) is 0. The predicted octanol–water partition coefficient (Wildman–Crippen LogP) is 19.3. The van der Waals surface area contributed by atoms with E-state index in [2.05, 4.69) is 36.4 Å². The van der Waals surface area contributed by atoms with E-state index in [1.807, 2.05) is 194 Å². The first-order valence-electron chi connectivity index (χ1n) is 26.8.